The first-order chi connectivity index (χ1) is 8.54. The molecule has 1 aromatic carbocycles. The third-order valence-corrected chi connectivity index (χ3v) is 2.89. The van der Waals surface area contributed by atoms with E-state index in [4.69, 9.17) is 11.6 Å². The predicted molar refractivity (Wildman–Crippen MR) is 67.0 cm³/mol. The molecule has 0 aliphatic rings. The molecule has 4 nitrogen and oxygen atoms in total. The maximum atomic E-state index is 13.1. The van der Waals surface area contributed by atoms with Crippen molar-refractivity contribution >= 4 is 11.6 Å². The molecule has 0 saturated carbocycles. The van der Waals surface area contributed by atoms with E-state index in [1.165, 1.54) is 18.2 Å². The smallest absolute Gasteiger partial charge is 0.297 e. The lowest BCUT2D eigenvalue weighted by atomic mass is 10.2. The Kier molecular flexibility index (Phi) is 3.34. The van der Waals surface area contributed by atoms with Crippen molar-refractivity contribution in [1.82, 2.24) is 9.55 Å². The van der Waals surface area contributed by atoms with Gasteiger partial charge in [0.15, 0.2) is 0 Å². The van der Waals surface area contributed by atoms with Gasteiger partial charge in [-0.15, -0.1) is 0 Å². The molecule has 18 heavy (non-hydrogen) atoms. The summed E-state index contributed by atoms with van der Waals surface area (Å²) in [6.07, 6.45) is 0.379. The molecule has 0 aliphatic heterocycles. The molecule has 0 bridgehead atoms. The van der Waals surface area contributed by atoms with Crippen LogP contribution in [0.5, 0.6) is 0 Å². The number of aromatic amines is 1. The van der Waals surface area contributed by atoms with E-state index in [0.29, 0.717) is 12.0 Å². The third-order valence-electron chi connectivity index (χ3n) is 2.57. The molecule has 6 heteroatoms. The minimum Gasteiger partial charge on any atom is -0.297 e. The highest BCUT2D eigenvalue weighted by Crippen LogP contribution is 2.09. The first-order valence-corrected chi connectivity index (χ1v) is 5.72. The van der Waals surface area contributed by atoms with Crippen LogP contribution in [0.15, 0.2) is 33.9 Å². The second-order valence-electron chi connectivity index (χ2n) is 3.70. The second-order valence-corrected chi connectivity index (χ2v) is 4.07. The fraction of sp³-hybridized carbons (Fsp3) is 0.167. The lowest BCUT2D eigenvalue weighted by molar-refractivity contribution is 0.625. The van der Waals surface area contributed by atoms with Gasteiger partial charge in [-0.2, -0.15) is 0 Å². The molecule has 0 unspecified atom stereocenters. The highest BCUT2D eigenvalue weighted by atomic mass is 35.5. The van der Waals surface area contributed by atoms with E-state index in [2.05, 4.69) is 4.98 Å². The molecule has 0 amide bonds. The molecule has 0 saturated heterocycles. The van der Waals surface area contributed by atoms with E-state index in [-0.39, 0.29) is 10.8 Å². The molecular formula is C12H10ClFN2O2. The van der Waals surface area contributed by atoms with Gasteiger partial charge in [0.05, 0.1) is 11.3 Å². The van der Waals surface area contributed by atoms with Crippen LogP contribution in [0.3, 0.4) is 0 Å². The van der Waals surface area contributed by atoms with Crippen LogP contribution in [0.1, 0.15) is 12.5 Å². The Bertz CT molecular complexity index is 706. The minimum atomic E-state index is -0.687. The molecule has 0 fully saturated rings. The monoisotopic (exact) mass is 268 g/mol. The summed E-state index contributed by atoms with van der Waals surface area (Å²) in [6, 6.07) is 5.26. The van der Waals surface area contributed by atoms with Gasteiger partial charge in [0.25, 0.3) is 5.56 Å². The molecule has 1 N–H and O–H groups in total. The lowest BCUT2D eigenvalue weighted by Gasteiger charge is -2.07. The largest absolute Gasteiger partial charge is 0.334 e. The number of hydrogen-bond donors (Lipinski definition) is 1. The number of rotatable bonds is 2. The highest BCUT2D eigenvalue weighted by molar-refractivity contribution is 6.30. The van der Waals surface area contributed by atoms with Crippen LogP contribution in [0.4, 0.5) is 4.39 Å². The molecule has 94 valence electrons. The molecule has 0 aliphatic carbocycles. The summed E-state index contributed by atoms with van der Waals surface area (Å²) in [5.41, 5.74) is -0.752. The zero-order valence-electron chi connectivity index (χ0n) is 9.54. The van der Waals surface area contributed by atoms with Crippen molar-refractivity contribution in [2.45, 2.75) is 13.3 Å². The van der Waals surface area contributed by atoms with Crippen LogP contribution >= 0.6 is 11.6 Å². The standard InChI is InChI=1S/C12H10ClFN2O2/c1-2-9-10(13)15-12(18)16(11(9)17)8-5-3-4-7(14)6-8/h3-6H,2H2,1H3,(H,15,18). The van der Waals surface area contributed by atoms with Gasteiger partial charge in [0, 0.05) is 0 Å². The molecule has 0 radical (unpaired) electrons. The summed E-state index contributed by atoms with van der Waals surface area (Å²) in [6.45, 7) is 1.75. The Labute approximate surface area is 107 Å². The van der Waals surface area contributed by atoms with Crippen LogP contribution in [0.25, 0.3) is 5.69 Å². The lowest BCUT2D eigenvalue weighted by Crippen LogP contribution is -2.36. The number of nitrogens with zero attached hydrogens (tertiary/aromatic N) is 1. The first-order valence-electron chi connectivity index (χ1n) is 5.34. The summed E-state index contributed by atoms with van der Waals surface area (Å²) >= 11 is 5.78. The first kappa shape index (κ1) is 12.6. The van der Waals surface area contributed by atoms with Gasteiger partial charge in [-0.25, -0.2) is 13.8 Å². The Morgan fingerprint density at radius 1 is 1.39 bits per heavy atom. The predicted octanol–water partition coefficient (Wildman–Crippen LogP) is 1.88. The highest BCUT2D eigenvalue weighted by Gasteiger charge is 2.12. The summed E-state index contributed by atoms with van der Waals surface area (Å²) in [5.74, 6) is -0.521. The van der Waals surface area contributed by atoms with Gasteiger partial charge in [0.1, 0.15) is 11.0 Å². The summed E-state index contributed by atoms with van der Waals surface area (Å²) in [5, 5.41) is 0.0279. The topological polar surface area (TPSA) is 54.9 Å². The van der Waals surface area contributed by atoms with Crippen molar-refractivity contribution < 1.29 is 4.39 Å². The fourth-order valence-electron chi connectivity index (χ4n) is 1.70. The third kappa shape index (κ3) is 2.09. The average molecular weight is 269 g/mol. The number of hydrogen-bond acceptors (Lipinski definition) is 2. The molecule has 2 aromatic rings. The zero-order chi connectivity index (χ0) is 13.3. The fourth-order valence-corrected chi connectivity index (χ4v) is 2.00. The van der Waals surface area contributed by atoms with Crippen LogP contribution in [-0.2, 0) is 6.42 Å². The van der Waals surface area contributed by atoms with Crippen LogP contribution in [0.2, 0.25) is 5.15 Å². The Balaban J connectivity index is 2.80. The van der Waals surface area contributed by atoms with Crippen LogP contribution < -0.4 is 11.2 Å². The van der Waals surface area contributed by atoms with E-state index in [1.54, 1.807) is 6.92 Å². The number of H-pyrrole nitrogens is 1. The molecule has 0 spiro atoms. The quantitative estimate of drug-likeness (QED) is 0.846. The molecular weight excluding hydrogens is 259 g/mol. The Hall–Kier alpha value is -1.88. The normalized spacial score (nSPS) is 10.6. The Morgan fingerprint density at radius 3 is 2.72 bits per heavy atom. The van der Waals surface area contributed by atoms with Crippen molar-refractivity contribution in [2.24, 2.45) is 0 Å². The van der Waals surface area contributed by atoms with Gasteiger partial charge >= 0.3 is 5.69 Å². The van der Waals surface area contributed by atoms with Crippen LogP contribution in [-0.4, -0.2) is 9.55 Å². The van der Waals surface area contributed by atoms with Crippen molar-refractivity contribution in [3.63, 3.8) is 0 Å². The SMILES string of the molecule is CCc1c(Cl)[nH]c(=O)n(-c2cccc(F)c2)c1=O. The van der Waals surface area contributed by atoms with Crippen molar-refractivity contribution in [3.8, 4) is 5.69 Å². The van der Waals surface area contributed by atoms with E-state index >= 15 is 0 Å². The van der Waals surface area contributed by atoms with Gasteiger partial charge in [-0.1, -0.05) is 24.6 Å². The average Bonchev–Trinajstić information content (AvgIpc) is 2.28. The van der Waals surface area contributed by atoms with Crippen molar-refractivity contribution in [1.29, 1.82) is 0 Å². The maximum Gasteiger partial charge on any atom is 0.334 e. The maximum absolute atomic E-state index is 13.1. The van der Waals surface area contributed by atoms with Gasteiger partial charge in [-0.05, 0) is 24.6 Å². The molecule has 1 aromatic heterocycles. The van der Waals surface area contributed by atoms with Gasteiger partial charge in [0.2, 0.25) is 0 Å². The molecule has 1 heterocycles. The second kappa shape index (κ2) is 4.78. The Morgan fingerprint density at radius 2 is 2.11 bits per heavy atom. The van der Waals surface area contributed by atoms with E-state index in [1.807, 2.05) is 0 Å². The van der Waals surface area contributed by atoms with Gasteiger partial charge in [-0.3, -0.25) is 9.78 Å². The van der Waals surface area contributed by atoms with E-state index < -0.39 is 17.1 Å². The number of benzene rings is 1. The summed E-state index contributed by atoms with van der Waals surface area (Å²) < 4.78 is 14.0. The van der Waals surface area contributed by atoms with E-state index in [9.17, 15) is 14.0 Å². The zero-order valence-corrected chi connectivity index (χ0v) is 10.3. The number of halogens is 2. The van der Waals surface area contributed by atoms with Crippen molar-refractivity contribution in [2.75, 3.05) is 0 Å². The van der Waals surface area contributed by atoms with E-state index in [0.717, 1.165) is 10.6 Å². The number of nitrogens with one attached hydrogen (secondary N) is 1. The summed E-state index contributed by atoms with van der Waals surface area (Å²) in [4.78, 5) is 26.2. The molecule has 0 atom stereocenters. The number of aromatic nitrogens is 2. The summed E-state index contributed by atoms with van der Waals surface area (Å²) in [7, 11) is 0. The molecule has 2 rings (SSSR count). The minimum absolute atomic E-state index is 0.0279. The van der Waals surface area contributed by atoms with Gasteiger partial charge < -0.3 is 0 Å². The van der Waals surface area contributed by atoms with Crippen molar-refractivity contribution in [3.05, 3.63) is 61.6 Å². The van der Waals surface area contributed by atoms with Crippen LogP contribution in [0, 0.1) is 5.82 Å².